The van der Waals surface area contributed by atoms with Crippen molar-refractivity contribution in [2.24, 2.45) is 0 Å². The SMILES string of the molecule is COc1ccc(C(O[C@@H]2CC(O[Si](C)(C)C(C)(C)C)C[C@@H](OC(c3ccccc3)(c3ccc(OC)cc3)c3ccc(OC)cc3)C2)(c2ccccc2)c2ccc(OC)cc2)cc1. The van der Waals surface area contributed by atoms with Crippen molar-refractivity contribution in [1.29, 1.82) is 0 Å². The van der Waals surface area contributed by atoms with Crippen molar-refractivity contribution in [3.05, 3.63) is 191 Å². The Bertz CT molecular complexity index is 2060. The second-order valence-corrected chi connectivity index (χ2v) is 22.5. The summed E-state index contributed by atoms with van der Waals surface area (Å²) in [6.07, 6.45) is 1.26. The first-order valence-corrected chi connectivity index (χ1v) is 24.5. The van der Waals surface area contributed by atoms with Crippen LogP contribution in [0.3, 0.4) is 0 Å². The number of hydrogen-bond donors (Lipinski definition) is 0. The minimum atomic E-state index is -2.26. The fourth-order valence-corrected chi connectivity index (χ4v) is 9.99. The van der Waals surface area contributed by atoms with Crippen LogP contribution in [0.5, 0.6) is 23.0 Å². The fourth-order valence-electron chi connectivity index (χ4n) is 8.61. The quantitative estimate of drug-likeness (QED) is 0.0710. The predicted octanol–water partition coefficient (Wildman–Crippen LogP) is 12.3. The van der Waals surface area contributed by atoms with E-state index in [0.717, 1.165) is 56.4 Å². The molecule has 6 aromatic rings. The second-order valence-electron chi connectivity index (χ2n) is 17.7. The molecule has 0 saturated heterocycles. The minimum absolute atomic E-state index is 0.00285. The molecule has 0 heterocycles. The average molecular weight is 851 g/mol. The Hall–Kier alpha value is -5.38. The van der Waals surface area contributed by atoms with Gasteiger partial charge in [-0.2, -0.15) is 0 Å². The normalized spacial score (nSPS) is 17.3. The maximum atomic E-state index is 7.88. The van der Waals surface area contributed by atoms with Crippen LogP contribution in [0.2, 0.25) is 18.1 Å². The molecule has 0 spiro atoms. The number of ether oxygens (including phenoxy) is 6. The maximum Gasteiger partial charge on any atom is 0.192 e. The van der Waals surface area contributed by atoms with Crippen LogP contribution in [0.25, 0.3) is 0 Å². The molecule has 6 aromatic carbocycles. The molecule has 7 rings (SSSR count). The number of rotatable bonds is 16. The Kier molecular flexibility index (Phi) is 13.6. The summed E-state index contributed by atoms with van der Waals surface area (Å²) < 4.78 is 45.8. The molecule has 1 saturated carbocycles. The van der Waals surface area contributed by atoms with Crippen molar-refractivity contribution in [3.8, 4) is 23.0 Å². The number of hydrogen-bond acceptors (Lipinski definition) is 7. The smallest absolute Gasteiger partial charge is 0.192 e. The van der Waals surface area contributed by atoms with E-state index >= 15 is 0 Å². The van der Waals surface area contributed by atoms with Gasteiger partial charge in [0.1, 0.15) is 34.2 Å². The number of benzene rings is 6. The van der Waals surface area contributed by atoms with E-state index in [1.165, 1.54) is 0 Å². The van der Waals surface area contributed by atoms with Gasteiger partial charge < -0.3 is 32.8 Å². The lowest BCUT2D eigenvalue weighted by atomic mass is 9.78. The van der Waals surface area contributed by atoms with E-state index in [1.807, 2.05) is 60.7 Å². The molecule has 1 aliphatic carbocycles. The lowest BCUT2D eigenvalue weighted by Crippen LogP contribution is -2.50. The van der Waals surface area contributed by atoms with Crippen LogP contribution >= 0.6 is 0 Å². The summed E-state index contributed by atoms with van der Waals surface area (Å²) in [5.41, 5.74) is 3.91. The van der Waals surface area contributed by atoms with E-state index in [1.54, 1.807) is 28.4 Å². The Morgan fingerprint density at radius 3 is 0.887 bits per heavy atom. The van der Waals surface area contributed by atoms with Crippen molar-refractivity contribution >= 4 is 8.32 Å². The van der Waals surface area contributed by atoms with Crippen LogP contribution in [0.15, 0.2) is 158 Å². The Labute approximate surface area is 370 Å². The summed E-state index contributed by atoms with van der Waals surface area (Å²) in [6, 6.07) is 54.0. The highest BCUT2D eigenvalue weighted by Crippen LogP contribution is 2.49. The zero-order valence-electron chi connectivity index (χ0n) is 37.7. The van der Waals surface area contributed by atoms with Crippen molar-refractivity contribution in [2.75, 3.05) is 28.4 Å². The lowest BCUT2D eigenvalue weighted by molar-refractivity contribution is -0.142. The summed E-state index contributed by atoms with van der Waals surface area (Å²) in [5.74, 6) is 3.09. The van der Waals surface area contributed by atoms with Crippen LogP contribution in [0.4, 0.5) is 0 Å². The van der Waals surface area contributed by atoms with Crippen molar-refractivity contribution in [1.82, 2.24) is 0 Å². The first kappa shape index (κ1) is 44.7. The van der Waals surface area contributed by atoms with E-state index in [4.69, 9.17) is 32.8 Å². The highest BCUT2D eigenvalue weighted by molar-refractivity contribution is 6.74. The van der Waals surface area contributed by atoms with Crippen LogP contribution < -0.4 is 18.9 Å². The van der Waals surface area contributed by atoms with Gasteiger partial charge in [0.05, 0.1) is 40.6 Å². The summed E-state index contributed by atoms with van der Waals surface area (Å²) >= 11 is 0. The van der Waals surface area contributed by atoms with Gasteiger partial charge in [0.25, 0.3) is 0 Å². The summed E-state index contributed by atoms with van der Waals surface area (Å²) in [4.78, 5) is 0. The van der Waals surface area contributed by atoms with E-state index in [-0.39, 0.29) is 23.4 Å². The third-order valence-electron chi connectivity index (χ3n) is 12.9. The van der Waals surface area contributed by atoms with Crippen molar-refractivity contribution in [2.45, 2.75) is 87.7 Å². The van der Waals surface area contributed by atoms with Crippen LogP contribution in [-0.4, -0.2) is 55.1 Å². The summed E-state index contributed by atoms with van der Waals surface area (Å²) in [6.45, 7) is 11.6. The van der Waals surface area contributed by atoms with Crippen LogP contribution in [-0.2, 0) is 25.1 Å². The molecule has 0 amide bonds. The Morgan fingerprint density at radius 1 is 0.371 bits per heavy atom. The van der Waals surface area contributed by atoms with Gasteiger partial charge in [0, 0.05) is 12.5 Å². The van der Waals surface area contributed by atoms with Gasteiger partial charge >= 0.3 is 0 Å². The van der Waals surface area contributed by atoms with Gasteiger partial charge in [-0.3, -0.25) is 0 Å². The molecule has 0 N–H and O–H groups in total. The van der Waals surface area contributed by atoms with Gasteiger partial charge in [-0.05, 0) is 113 Å². The molecule has 62 heavy (non-hydrogen) atoms. The van der Waals surface area contributed by atoms with Crippen LogP contribution in [0.1, 0.15) is 73.4 Å². The molecule has 0 radical (unpaired) electrons. The molecule has 2 atom stereocenters. The molecule has 0 bridgehead atoms. The summed E-state index contributed by atoms with van der Waals surface area (Å²) in [5, 5.41) is -0.00285. The molecule has 0 unspecified atom stereocenters. The Balaban J connectivity index is 1.41. The van der Waals surface area contributed by atoms with Gasteiger partial charge in [-0.25, -0.2) is 0 Å². The topological polar surface area (TPSA) is 64.6 Å². The number of methoxy groups -OCH3 is 4. The first-order valence-electron chi connectivity index (χ1n) is 21.6. The molecule has 1 aliphatic rings. The molecule has 0 aliphatic heterocycles. The molecule has 8 heteroatoms. The monoisotopic (exact) mass is 850 g/mol. The lowest BCUT2D eigenvalue weighted by Gasteiger charge is -2.47. The summed E-state index contributed by atoms with van der Waals surface area (Å²) in [7, 11) is 4.51. The van der Waals surface area contributed by atoms with E-state index in [0.29, 0.717) is 19.3 Å². The first-order chi connectivity index (χ1) is 29.8. The second kappa shape index (κ2) is 18.9. The standard InChI is InChI=1S/C54H62O7Si/c1-52(2,3)62(8,9)61-51-37-49(59-53(39-16-12-10-13-17-39,41-20-28-45(55-4)29-21-41)42-22-30-46(56-5)31-23-42)36-50(38-51)60-54(40-18-14-11-15-19-40,43-24-32-47(57-6)33-25-43)44-26-34-48(58-7)35-27-44/h10-35,49-51H,36-38H2,1-9H3/t49-,50-/m0/s1. The molecule has 1 fully saturated rings. The molecule has 324 valence electrons. The highest BCUT2D eigenvalue weighted by Gasteiger charge is 2.48. The van der Waals surface area contributed by atoms with Crippen LogP contribution in [0, 0.1) is 0 Å². The zero-order valence-corrected chi connectivity index (χ0v) is 38.7. The fraction of sp³-hybridized carbons (Fsp3) is 0.333. The zero-order chi connectivity index (χ0) is 44.0. The van der Waals surface area contributed by atoms with Crippen molar-refractivity contribution < 1.29 is 32.8 Å². The average Bonchev–Trinajstić information content (AvgIpc) is 3.30. The Morgan fingerprint density at radius 2 is 0.629 bits per heavy atom. The predicted molar refractivity (Wildman–Crippen MR) is 250 cm³/mol. The molecule has 0 aromatic heterocycles. The van der Waals surface area contributed by atoms with Crippen molar-refractivity contribution in [3.63, 3.8) is 0 Å². The van der Waals surface area contributed by atoms with Gasteiger partial charge in [0.15, 0.2) is 8.32 Å². The van der Waals surface area contributed by atoms with Gasteiger partial charge in [-0.15, -0.1) is 0 Å². The molecule has 7 nitrogen and oxygen atoms in total. The molecular formula is C54H62O7Si. The minimum Gasteiger partial charge on any atom is -0.497 e. The van der Waals surface area contributed by atoms with Gasteiger partial charge in [0.2, 0.25) is 0 Å². The van der Waals surface area contributed by atoms with E-state index < -0.39 is 19.5 Å². The highest BCUT2D eigenvalue weighted by atomic mass is 28.4. The largest absolute Gasteiger partial charge is 0.497 e. The van der Waals surface area contributed by atoms with E-state index in [9.17, 15) is 0 Å². The maximum absolute atomic E-state index is 7.88. The third kappa shape index (κ3) is 9.20. The van der Waals surface area contributed by atoms with E-state index in [2.05, 4.69) is 131 Å². The molecular weight excluding hydrogens is 789 g/mol. The van der Waals surface area contributed by atoms with Gasteiger partial charge in [-0.1, -0.05) is 130 Å². The third-order valence-corrected chi connectivity index (χ3v) is 17.4.